The minimum atomic E-state index is 0.0824. The summed E-state index contributed by atoms with van der Waals surface area (Å²) in [5.74, 6) is 1.19. The second kappa shape index (κ2) is 11.3. The molecule has 1 N–H and O–H groups in total. The molecule has 0 radical (unpaired) electrons. The average molecular weight is 429 g/mol. The van der Waals surface area contributed by atoms with E-state index in [-0.39, 0.29) is 11.8 Å². The summed E-state index contributed by atoms with van der Waals surface area (Å²) in [6.07, 6.45) is 4.20. The third-order valence-electron chi connectivity index (χ3n) is 5.34. The summed E-state index contributed by atoms with van der Waals surface area (Å²) in [5, 5.41) is 3.99. The van der Waals surface area contributed by atoms with Crippen molar-refractivity contribution in [2.24, 2.45) is 5.92 Å². The minimum absolute atomic E-state index is 0.0824. The van der Waals surface area contributed by atoms with E-state index in [2.05, 4.69) is 58.3 Å². The molecule has 30 heavy (non-hydrogen) atoms. The minimum Gasteiger partial charge on any atom is -0.382 e. The molecule has 0 bridgehead atoms. The highest BCUT2D eigenvalue weighted by molar-refractivity contribution is 7.99. The van der Waals surface area contributed by atoms with Crippen LogP contribution in [0.1, 0.15) is 37.3 Å². The van der Waals surface area contributed by atoms with E-state index in [0.717, 1.165) is 49.8 Å². The largest absolute Gasteiger partial charge is 0.382 e. The van der Waals surface area contributed by atoms with Gasteiger partial charge in [-0.1, -0.05) is 23.9 Å². The van der Waals surface area contributed by atoms with E-state index < -0.39 is 0 Å². The van der Waals surface area contributed by atoms with Crippen molar-refractivity contribution >= 4 is 23.5 Å². The topological polar surface area (TPSA) is 67.3 Å². The summed E-state index contributed by atoms with van der Waals surface area (Å²) >= 11 is 1.67. The molecule has 1 amide bonds. The lowest BCUT2D eigenvalue weighted by Gasteiger charge is -2.32. The van der Waals surface area contributed by atoms with E-state index in [1.54, 1.807) is 18.1 Å². The molecule has 2 aromatic rings. The molecule has 1 aliphatic heterocycles. The molecule has 0 unspecified atom stereocenters. The van der Waals surface area contributed by atoms with Crippen molar-refractivity contribution in [3.05, 3.63) is 41.7 Å². The number of nitrogens with one attached hydrogen (secondary N) is 1. The summed E-state index contributed by atoms with van der Waals surface area (Å²) in [7, 11) is 0. The molecule has 1 aromatic heterocycles. The number of piperidine rings is 1. The number of hydrogen-bond donors (Lipinski definition) is 1. The Morgan fingerprint density at radius 2 is 2.03 bits per heavy atom. The van der Waals surface area contributed by atoms with Gasteiger partial charge >= 0.3 is 0 Å². The average Bonchev–Trinajstić information content (AvgIpc) is 2.76. The van der Waals surface area contributed by atoms with Gasteiger partial charge in [-0.15, -0.1) is 0 Å². The van der Waals surface area contributed by atoms with Crippen molar-refractivity contribution in [3.8, 4) is 0 Å². The standard InChI is InChI=1S/C23H32N4O2S/c1-4-29-13-5-10-24-23(28)19-8-11-27(12-9-19)21-15-22(26-16-25-21)30-20-14-17(2)6-7-18(20)3/h6-7,14-16,19H,4-5,8-13H2,1-3H3,(H,24,28). The molecule has 1 fully saturated rings. The van der Waals surface area contributed by atoms with Crippen LogP contribution in [0, 0.1) is 19.8 Å². The first-order valence-electron chi connectivity index (χ1n) is 10.7. The van der Waals surface area contributed by atoms with Crippen molar-refractivity contribution in [2.45, 2.75) is 50.0 Å². The zero-order chi connectivity index (χ0) is 21.3. The Hall–Kier alpha value is -2.12. The van der Waals surface area contributed by atoms with Crippen LogP contribution in [0.15, 0.2) is 40.5 Å². The highest BCUT2D eigenvalue weighted by atomic mass is 32.2. The van der Waals surface area contributed by atoms with Crippen LogP contribution in [0.2, 0.25) is 0 Å². The second-order valence-electron chi connectivity index (χ2n) is 7.69. The van der Waals surface area contributed by atoms with Gasteiger partial charge in [-0.2, -0.15) is 0 Å². The van der Waals surface area contributed by atoms with Gasteiger partial charge in [-0.05, 0) is 57.2 Å². The van der Waals surface area contributed by atoms with Crippen molar-refractivity contribution in [2.75, 3.05) is 37.7 Å². The number of benzene rings is 1. The number of ether oxygens (including phenoxy) is 1. The van der Waals surface area contributed by atoms with Crippen LogP contribution in [0.5, 0.6) is 0 Å². The van der Waals surface area contributed by atoms with Gasteiger partial charge < -0.3 is 15.0 Å². The summed E-state index contributed by atoms with van der Waals surface area (Å²) in [5.41, 5.74) is 2.49. The number of rotatable bonds is 9. The predicted octanol–water partition coefficient (Wildman–Crippen LogP) is 4.00. The Morgan fingerprint density at radius 1 is 1.23 bits per heavy atom. The van der Waals surface area contributed by atoms with Crippen LogP contribution in [0.25, 0.3) is 0 Å². The van der Waals surface area contributed by atoms with Crippen LogP contribution in [-0.4, -0.2) is 48.7 Å². The molecule has 1 aliphatic rings. The third-order valence-corrected chi connectivity index (χ3v) is 6.44. The molecule has 6 nitrogen and oxygen atoms in total. The first-order chi connectivity index (χ1) is 14.6. The molecule has 0 aliphatic carbocycles. The Morgan fingerprint density at radius 3 is 2.80 bits per heavy atom. The number of carbonyl (C=O) groups is 1. The van der Waals surface area contributed by atoms with E-state index in [1.807, 2.05) is 6.92 Å². The van der Waals surface area contributed by atoms with Crippen molar-refractivity contribution in [3.63, 3.8) is 0 Å². The van der Waals surface area contributed by atoms with Crippen molar-refractivity contribution < 1.29 is 9.53 Å². The normalized spacial score (nSPS) is 14.7. The lowest BCUT2D eigenvalue weighted by Crippen LogP contribution is -2.41. The summed E-state index contributed by atoms with van der Waals surface area (Å²) in [6.45, 7) is 9.98. The molecular weight excluding hydrogens is 396 g/mol. The fourth-order valence-corrected chi connectivity index (χ4v) is 4.50. The maximum atomic E-state index is 12.4. The Bertz CT molecular complexity index is 838. The van der Waals surface area contributed by atoms with Gasteiger partial charge in [0.1, 0.15) is 17.2 Å². The summed E-state index contributed by atoms with van der Waals surface area (Å²) in [4.78, 5) is 24.8. The molecular formula is C23H32N4O2S. The van der Waals surface area contributed by atoms with E-state index in [0.29, 0.717) is 13.2 Å². The fourth-order valence-electron chi connectivity index (χ4n) is 3.53. The number of aryl methyl sites for hydroxylation is 2. The van der Waals surface area contributed by atoms with E-state index in [1.165, 1.54) is 16.0 Å². The monoisotopic (exact) mass is 428 g/mol. The molecule has 0 atom stereocenters. The van der Waals surface area contributed by atoms with Crippen LogP contribution in [0.3, 0.4) is 0 Å². The number of carbonyl (C=O) groups excluding carboxylic acids is 1. The van der Waals surface area contributed by atoms with Crippen LogP contribution in [-0.2, 0) is 9.53 Å². The molecule has 0 spiro atoms. The number of anilines is 1. The Kier molecular flexibility index (Phi) is 8.51. The highest BCUT2D eigenvalue weighted by Gasteiger charge is 2.25. The lowest BCUT2D eigenvalue weighted by molar-refractivity contribution is -0.125. The van der Waals surface area contributed by atoms with Gasteiger partial charge in [0.2, 0.25) is 5.91 Å². The highest BCUT2D eigenvalue weighted by Crippen LogP contribution is 2.31. The van der Waals surface area contributed by atoms with Gasteiger partial charge in [-0.3, -0.25) is 4.79 Å². The van der Waals surface area contributed by atoms with E-state index in [9.17, 15) is 4.79 Å². The predicted molar refractivity (Wildman–Crippen MR) is 121 cm³/mol. The SMILES string of the molecule is CCOCCCNC(=O)C1CCN(c2cc(Sc3cc(C)ccc3C)ncn2)CC1. The summed E-state index contributed by atoms with van der Waals surface area (Å²) in [6, 6.07) is 8.53. The summed E-state index contributed by atoms with van der Waals surface area (Å²) < 4.78 is 5.31. The van der Waals surface area contributed by atoms with E-state index >= 15 is 0 Å². The molecule has 3 rings (SSSR count). The molecule has 1 aromatic carbocycles. The number of nitrogens with zero attached hydrogens (tertiary/aromatic N) is 3. The van der Waals surface area contributed by atoms with Crippen LogP contribution in [0.4, 0.5) is 5.82 Å². The van der Waals surface area contributed by atoms with Gasteiger partial charge in [0.15, 0.2) is 0 Å². The van der Waals surface area contributed by atoms with Gasteiger partial charge in [0, 0.05) is 49.7 Å². The van der Waals surface area contributed by atoms with Gasteiger partial charge in [0.25, 0.3) is 0 Å². The molecule has 1 saturated heterocycles. The number of aromatic nitrogens is 2. The van der Waals surface area contributed by atoms with E-state index in [4.69, 9.17) is 4.74 Å². The third kappa shape index (κ3) is 6.44. The quantitative estimate of drug-likeness (QED) is 0.481. The first kappa shape index (κ1) is 22.6. The van der Waals surface area contributed by atoms with Crippen LogP contribution < -0.4 is 10.2 Å². The molecule has 162 valence electrons. The first-order valence-corrected chi connectivity index (χ1v) is 11.6. The molecule has 7 heteroatoms. The van der Waals surface area contributed by atoms with Crippen LogP contribution >= 0.6 is 11.8 Å². The number of amides is 1. The van der Waals surface area contributed by atoms with Gasteiger partial charge in [0.05, 0.1) is 0 Å². The maximum absolute atomic E-state index is 12.4. The van der Waals surface area contributed by atoms with Gasteiger partial charge in [-0.25, -0.2) is 9.97 Å². The molecule has 2 heterocycles. The smallest absolute Gasteiger partial charge is 0.223 e. The van der Waals surface area contributed by atoms with Crippen molar-refractivity contribution in [1.29, 1.82) is 0 Å². The fraction of sp³-hybridized carbons (Fsp3) is 0.522. The Labute approximate surface area is 183 Å². The maximum Gasteiger partial charge on any atom is 0.223 e. The zero-order valence-electron chi connectivity index (χ0n) is 18.2. The molecule has 0 saturated carbocycles. The lowest BCUT2D eigenvalue weighted by atomic mass is 9.96. The van der Waals surface area contributed by atoms with Crippen molar-refractivity contribution in [1.82, 2.24) is 15.3 Å². The number of hydrogen-bond acceptors (Lipinski definition) is 6. The zero-order valence-corrected chi connectivity index (χ0v) is 19.0. The second-order valence-corrected chi connectivity index (χ2v) is 8.75. The Balaban J connectivity index is 1.51.